The fraction of sp³-hybridized carbons (Fsp3) is 0.0952. The number of nitrogens with one attached hydrogen (secondary N) is 1. The zero-order valence-electron chi connectivity index (χ0n) is 15.4. The molecule has 2 aromatic carbocycles. The van der Waals surface area contributed by atoms with Crippen molar-refractivity contribution in [3.63, 3.8) is 0 Å². The lowest BCUT2D eigenvalue weighted by atomic mass is 10.1. The Labute approximate surface area is 170 Å². The number of halogens is 1. The van der Waals surface area contributed by atoms with Gasteiger partial charge >= 0.3 is 0 Å². The van der Waals surface area contributed by atoms with E-state index in [0.29, 0.717) is 10.6 Å². The molecule has 0 saturated carbocycles. The van der Waals surface area contributed by atoms with E-state index in [0.717, 1.165) is 33.1 Å². The SMILES string of the molecule is CN1C(=O)S/C(=C\c2cn(CC(=O)Nc3ccc(F)cc3)c3ccccc23)C1=O. The normalized spacial score (nSPS) is 15.5. The number of para-hydroxylation sites is 1. The number of anilines is 1. The predicted molar refractivity (Wildman–Crippen MR) is 111 cm³/mol. The molecule has 3 aromatic rings. The molecule has 1 aliphatic heterocycles. The molecule has 0 aliphatic carbocycles. The Morgan fingerprint density at radius 1 is 1.14 bits per heavy atom. The second kappa shape index (κ2) is 7.56. The molecule has 1 aliphatic rings. The van der Waals surface area contributed by atoms with Crippen LogP contribution in [0.4, 0.5) is 14.9 Å². The van der Waals surface area contributed by atoms with E-state index >= 15 is 0 Å². The van der Waals surface area contributed by atoms with Crippen molar-refractivity contribution in [3.05, 3.63) is 71.0 Å². The molecular weight excluding hydrogens is 393 g/mol. The number of hydrogen-bond acceptors (Lipinski definition) is 4. The van der Waals surface area contributed by atoms with E-state index in [1.54, 1.807) is 16.8 Å². The maximum Gasteiger partial charge on any atom is 0.293 e. The summed E-state index contributed by atoms with van der Waals surface area (Å²) in [6.45, 7) is 0.0426. The highest BCUT2D eigenvalue weighted by atomic mass is 32.2. The number of carbonyl (C=O) groups is 3. The number of nitrogens with zero attached hydrogens (tertiary/aromatic N) is 2. The third kappa shape index (κ3) is 3.79. The van der Waals surface area contributed by atoms with Crippen LogP contribution in [-0.2, 0) is 16.1 Å². The minimum absolute atomic E-state index is 0.0426. The summed E-state index contributed by atoms with van der Waals surface area (Å²) in [6.07, 6.45) is 3.45. The van der Waals surface area contributed by atoms with E-state index in [1.807, 2.05) is 24.3 Å². The molecular formula is C21H16FN3O3S. The first-order valence-electron chi connectivity index (χ1n) is 8.77. The Bertz CT molecular complexity index is 1170. The molecule has 4 rings (SSSR count). The molecule has 146 valence electrons. The van der Waals surface area contributed by atoms with E-state index in [2.05, 4.69) is 5.32 Å². The molecule has 0 atom stereocenters. The lowest BCUT2D eigenvalue weighted by Crippen LogP contribution is -2.22. The fourth-order valence-corrected chi connectivity index (χ4v) is 3.91. The molecule has 6 nitrogen and oxygen atoms in total. The van der Waals surface area contributed by atoms with E-state index < -0.39 is 0 Å². The van der Waals surface area contributed by atoms with E-state index in [-0.39, 0.29) is 29.4 Å². The van der Waals surface area contributed by atoms with Crippen LogP contribution in [0.3, 0.4) is 0 Å². The molecule has 2 heterocycles. The van der Waals surface area contributed by atoms with Crippen molar-refractivity contribution in [2.45, 2.75) is 6.54 Å². The maximum atomic E-state index is 13.0. The Morgan fingerprint density at radius 2 is 1.86 bits per heavy atom. The van der Waals surface area contributed by atoms with Crippen molar-refractivity contribution in [1.29, 1.82) is 0 Å². The Balaban J connectivity index is 1.62. The number of imide groups is 1. The van der Waals surface area contributed by atoms with Crippen molar-refractivity contribution >= 4 is 51.5 Å². The summed E-state index contributed by atoms with van der Waals surface area (Å²) in [6, 6.07) is 13.0. The van der Waals surface area contributed by atoms with Crippen LogP contribution in [0.2, 0.25) is 0 Å². The number of rotatable bonds is 4. The van der Waals surface area contributed by atoms with Crippen molar-refractivity contribution in [2.24, 2.45) is 0 Å². The first kappa shape index (κ1) is 18.9. The number of carbonyl (C=O) groups excluding carboxylic acids is 3. The predicted octanol–water partition coefficient (Wildman–Crippen LogP) is 4.09. The lowest BCUT2D eigenvalue weighted by Gasteiger charge is -2.07. The van der Waals surface area contributed by atoms with E-state index in [9.17, 15) is 18.8 Å². The number of likely N-dealkylation sites (N-methyl/N-ethyl adjacent to an activating group) is 1. The summed E-state index contributed by atoms with van der Waals surface area (Å²) in [5.41, 5.74) is 2.07. The number of fused-ring (bicyclic) bond motifs is 1. The Kier molecular flexibility index (Phi) is 4.94. The number of amides is 3. The molecule has 3 amide bonds. The van der Waals surface area contributed by atoms with Gasteiger partial charge in [0, 0.05) is 35.4 Å². The first-order chi connectivity index (χ1) is 13.9. The summed E-state index contributed by atoms with van der Waals surface area (Å²) >= 11 is 0.891. The number of hydrogen-bond donors (Lipinski definition) is 1. The molecule has 29 heavy (non-hydrogen) atoms. The second-order valence-electron chi connectivity index (χ2n) is 6.53. The molecule has 0 radical (unpaired) electrons. The van der Waals surface area contributed by atoms with E-state index in [1.165, 1.54) is 31.3 Å². The second-order valence-corrected chi connectivity index (χ2v) is 7.52. The van der Waals surface area contributed by atoms with Gasteiger partial charge in [-0.15, -0.1) is 0 Å². The van der Waals surface area contributed by atoms with Crippen LogP contribution in [0.5, 0.6) is 0 Å². The third-order valence-electron chi connectivity index (χ3n) is 4.53. The third-order valence-corrected chi connectivity index (χ3v) is 5.50. The van der Waals surface area contributed by atoms with Crippen LogP contribution in [-0.4, -0.2) is 33.6 Å². The van der Waals surface area contributed by atoms with Gasteiger partial charge in [0.2, 0.25) is 5.91 Å². The minimum Gasteiger partial charge on any atom is -0.337 e. The van der Waals surface area contributed by atoms with E-state index in [4.69, 9.17) is 0 Å². The standard InChI is InChI=1S/C21H16FN3O3S/c1-24-20(27)18(29-21(24)28)10-13-11-25(17-5-3-2-4-16(13)17)12-19(26)23-15-8-6-14(22)7-9-15/h2-11H,12H2,1H3,(H,23,26)/b18-10-. The van der Waals surface area contributed by atoms with Crippen molar-refractivity contribution in [1.82, 2.24) is 9.47 Å². The van der Waals surface area contributed by atoms with Crippen molar-refractivity contribution in [2.75, 3.05) is 12.4 Å². The highest BCUT2D eigenvalue weighted by Crippen LogP contribution is 2.33. The maximum absolute atomic E-state index is 13.0. The van der Waals surface area contributed by atoms with Gasteiger partial charge in [0.25, 0.3) is 11.1 Å². The number of aromatic nitrogens is 1. The van der Waals surface area contributed by atoms with Crippen LogP contribution >= 0.6 is 11.8 Å². The molecule has 1 N–H and O–H groups in total. The van der Waals surface area contributed by atoms with Gasteiger partial charge in [-0.3, -0.25) is 19.3 Å². The number of benzene rings is 2. The highest BCUT2D eigenvalue weighted by Gasteiger charge is 2.32. The molecule has 1 aromatic heterocycles. The first-order valence-corrected chi connectivity index (χ1v) is 9.59. The van der Waals surface area contributed by atoms with Crippen LogP contribution in [0.15, 0.2) is 59.6 Å². The zero-order chi connectivity index (χ0) is 20.5. The van der Waals surface area contributed by atoms with Gasteiger partial charge in [-0.05, 0) is 48.2 Å². The average molecular weight is 409 g/mol. The smallest absolute Gasteiger partial charge is 0.293 e. The van der Waals surface area contributed by atoms with Gasteiger partial charge < -0.3 is 9.88 Å². The van der Waals surface area contributed by atoms with Crippen LogP contribution in [0.25, 0.3) is 17.0 Å². The van der Waals surface area contributed by atoms with Gasteiger partial charge in [-0.25, -0.2) is 4.39 Å². The fourth-order valence-electron chi connectivity index (χ4n) is 3.10. The molecule has 0 spiro atoms. The summed E-state index contributed by atoms with van der Waals surface area (Å²) in [5, 5.41) is 3.28. The minimum atomic E-state index is -0.375. The number of thioether (sulfide) groups is 1. The van der Waals surface area contributed by atoms with Gasteiger partial charge in [0.1, 0.15) is 12.4 Å². The zero-order valence-corrected chi connectivity index (χ0v) is 16.2. The summed E-state index contributed by atoms with van der Waals surface area (Å²) in [7, 11) is 1.45. The largest absolute Gasteiger partial charge is 0.337 e. The molecule has 8 heteroatoms. The monoisotopic (exact) mass is 409 g/mol. The molecule has 0 bridgehead atoms. The highest BCUT2D eigenvalue weighted by molar-refractivity contribution is 8.18. The van der Waals surface area contributed by atoms with Crippen molar-refractivity contribution < 1.29 is 18.8 Å². The quantitative estimate of drug-likeness (QED) is 0.659. The van der Waals surface area contributed by atoms with Gasteiger partial charge in [0.05, 0.1) is 4.91 Å². The van der Waals surface area contributed by atoms with Crippen LogP contribution in [0, 0.1) is 5.82 Å². The summed E-state index contributed by atoms with van der Waals surface area (Å²) < 4.78 is 14.8. The van der Waals surface area contributed by atoms with Crippen molar-refractivity contribution in [3.8, 4) is 0 Å². The Hall–Kier alpha value is -3.39. The molecule has 1 saturated heterocycles. The summed E-state index contributed by atoms with van der Waals surface area (Å²) in [4.78, 5) is 37.8. The van der Waals surface area contributed by atoms with Gasteiger partial charge in [0.15, 0.2) is 0 Å². The topological polar surface area (TPSA) is 71.4 Å². The van der Waals surface area contributed by atoms with Crippen LogP contribution in [0.1, 0.15) is 5.56 Å². The Morgan fingerprint density at radius 3 is 2.55 bits per heavy atom. The van der Waals surface area contributed by atoms with Gasteiger partial charge in [-0.2, -0.15) is 0 Å². The molecule has 0 unspecified atom stereocenters. The van der Waals surface area contributed by atoms with Crippen LogP contribution < -0.4 is 5.32 Å². The summed E-state index contributed by atoms with van der Waals surface area (Å²) in [5.74, 6) is -0.982. The molecule has 1 fully saturated rings. The van der Waals surface area contributed by atoms with Gasteiger partial charge in [-0.1, -0.05) is 18.2 Å². The lowest BCUT2D eigenvalue weighted by molar-refractivity contribution is -0.121. The average Bonchev–Trinajstić information content (AvgIpc) is 3.16.